The highest BCUT2D eigenvalue weighted by Crippen LogP contribution is 2.27. The van der Waals surface area contributed by atoms with Crippen molar-refractivity contribution in [2.45, 2.75) is 111 Å². The van der Waals surface area contributed by atoms with Crippen LogP contribution in [0.25, 0.3) is 32.7 Å². The van der Waals surface area contributed by atoms with Crippen molar-refractivity contribution in [3.05, 3.63) is 213 Å². The number of nitrogens with one attached hydrogen (secondary N) is 4. The van der Waals surface area contributed by atoms with Gasteiger partial charge in [0, 0.05) is 53.6 Å². The molecule has 26 heteroatoms. The molecule has 13 aromatic rings. The Morgan fingerprint density at radius 1 is 0.305 bits per heavy atom. The predicted octanol–water partition coefficient (Wildman–Crippen LogP) is 16.8. The van der Waals surface area contributed by atoms with Gasteiger partial charge in [0.2, 0.25) is 52.7 Å². The monoisotopic (exact) mass is 1310 g/mol. The summed E-state index contributed by atoms with van der Waals surface area (Å²) in [7, 11) is 0. The van der Waals surface area contributed by atoms with Gasteiger partial charge in [-0.15, -0.1) is 20.4 Å². The molecular formula is C69H95N25S. The van der Waals surface area contributed by atoms with Crippen LogP contribution in [0.15, 0.2) is 213 Å². The van der Waals surface area contributed by atoms with E-state index in [2.05, 4.69) is 86.5 Å². The van der Waals surface area contributed by atoms with Crippen LogP contribution in [0.3, 0.4) is 0 Å². The van der Waals surface area contributed by atoms with Crippen LogP contribution in [-0.4, -0.2) is 84.0 Å². The molecular weight excluding hydrogens is 1210 g/mol. The number of nitrogens with zero attached hydrogens (tertiary/aromatic N) is 17. The van der Waals surface area contributed by atoms with E-state index in [9.17, 15) is 0 Å². The Hall–Kier alpha value is -11.7. The van der Waals surface area contributed by atoms with E-state index in [4.69, 9.17) is 22.9 Å². The highest BCUT2D eigenvalue weighted by atomic mass is 32.1. The molecule has 0 saturated heterocycles. The predicted molar refractivity (Wildman–Crippen MR) is 397 cm³/mol. The van der Waals surface area contributed by atoms with E-state index in [1.165, 1.54) is 27.0 Å². The van der Waals surface area contributed by atoms with Gasteiger partial charge in [0.25, 0.3) is 0 Å². The minimum Gasteiger partial charge on any atom is -0.368 e. The van der Waals surface area contributed by atoms with Gasteiger partial charge in [0.15, 0.2) is 11.6 Å². The first-order valence-electron chi connectivity index (χ1n) is 31.9. The molecule has 0 aliphatic rings. The number of aromatic nitrogens is 17. The van der Waals surface area contributed by atoms with E-state index in [1.807, 2.05) is 287 Å². The van der Waals surface area contributed by atoms with Crippen molar-refractivity contribution in [1.82, 2.24) is 84.0 Å². The second-order valence-corrected chi connectivity index (χ2v) is 17.2. The Morgan fingerprint density at radius 3 is 1.02 bits per heavy atom. The van der Waals surface area contributed by atoms with Crippen LogP contribution in [0.5, 0.6) is 0 Å². The largest absolute Gasteiger partial charge is 0.368 e. The van der Waals surface area contributed by atoms with Gasteiger partial charge in [0.05, 0.1) is 15.9 Å². The molecule has 8 heterocycles. The minimum atomic E-state index is 0.261. The number of hydrogen-bond donors (Lipinski definition) is 8. The SMILES string of the molecule is CC.CC.CC.CC.CC.CC.CC.CC.Nc1nc(Nc2ccccc2)nn1-c1ccccn1.Nc1nc(Nc2ccccc2)nn1-c1ccncc1.Nc1nc(Nc2ccccc2)nn1-c1ccncn1.Nc1nc(Nc2ccccc2)nn1-c1nc2ccccc2s1. The van der Waals surface area contributed by atoms with Crippen LogP contribution in [0, 0.1) is 0 Å². The van der Waals surface area contributed by atoms with Gasteiger partial charge in [-0.25, -0.2) is 19.9 Å². The molecule has 8 aromatic heterocycles. The van der Waals surface area contributed by atoms with E-state index in [1.54, 1.807) is 40.2 Å². The Labute approximate surface area is 563 Å². The molecule has 0 bridgehead atoms. The number of fused-ring (bicyclic) bond motifs is 1. The lowest BCUT2D eigenvalue weighted by Gasteiger charge is -2.01. The molecule has 0 unspecified atom stereocenters. The summed E-state index contributed by atoms with van der Waals surface area (Å²) in [5, 5.41) is 30.3. The summed E-state index contributed by atoms with van der Waals surface area (Å²) in [4.78, 5) is 37.3. The van der Waals surface area contributed by atoms with Crippen LogP contribution in [0.1, 0.15) is 111 Å². The molecule has 0 aliphatic heterocycles. The number of thiazole rings is 1. The number of hydrogen-bond acceptors (Lipinski definition) is 22. The zero-order valence-electron chi connectivity index (χ0n) is 57.5. The number of para-hydroxylation sites is 5. The second-order valence-electron chi connectivity index (χ2n) is 16.2. The quantitative estimate of drug-likeness (QED) is 0.0563. The molecule has 0 saturated carbocycles. The molecule has 0 spiro atoms. The van der Waals surface area contributed by atoms with Crippen molar-refractivity contribution in [2.24, 2.45) is 0 Å². The fourth-order valence-electron chi connectivity index (χ4n) is 7.10. The summed E-state index contributed by atoms with van der Waals surface area (Å²) < 4.78 is 7.14. The van der Waals surface area contributed by atoms with E-state index in [0.717, 1.165) is 38.7 Å². The smallest absolute Gasteiger partial charge is 0.248 e. The summed E-state index contributed by atoms with van der Waals surface area (Å²) in [5.74, 6) is 4.14. The molecule has 12 N–H and O–H groups in total. The van der Waals surface area contributed by atoms with E-state index in [-0.39, 0.29) is 11.9 Å². The van der Waals surface area contributed by atoms with Crippen molar-refractivity contribution >= 4 is 91.9 Å². The second kappa shape index (κ2) is 47.3. The Balaban J connectivity index is 0.000000402. The van der Waals surface area contributed by atoms with Gasteiger partial charge in [-0.1, -0.05) is 213 Å². The summed E-state index contributed by atoms with van der Waals surface area (Å²) in [6.07, 6.45) is 8.09. The van der Waals surface area contributed by atoms with Crippen molar-refractivity contribution < 1.29 is 0 Å². The highest BCUT2D eigenvalue weighted by molar-refractivity contribution is 7.20. The maximum absolute atomic E-state index is 5.96. The highest BCUT2D eigenvalue weighted by Gasteiger charge is 2.15. The van der Waals surface area contributed by atoms with Crippen molar-refractivity contribution in [3.8, 4) is 22.5 Å². The Morgan fingerprint density at radius 2 is 0.642 bits per heavy atom. The molecule has 0 radical (unpaired) electrons. The fourth-order valence-corrected chi connectivity index (χ4v) is 8.03. The first-order chi connectivity index (χ1) is 46.8. The van der Waals surface area contributed by atoms with Crippen LogP contribution < -0.4 is 44.2 Å². The zero-order valence-corrected chi connectivity index (χ0v) is 58.3. The summed E-state index contributed by atoms with van der Waals surface area (Å²) >= 11 is 1.53. The third kappa shape index (κ3) is 25.9. The Kier molecular flexibility index (Phi) is 39.5. The molecule has 0 fully saturated rings. The standard InChI is InChI=1S/C15H12N6S.2C13H12N6.C12H11N7.8C2H6/c16-13-19-14(17-10-6-2-1-3-7-10)20-21(13)15-18-11-8-4-5-9-12(11)22-15;14-12-17-13(16-10-6-2-1-3-7-10)18-19(12)11-8-4-5-9-15-11;14-12-17-13(16-10-4-2-1-3-5-10)18-19(12)11-6-8-15-9-7-11;13-11-17-12(16-9-4-2-1-3-5-9)18-19(11)10-6-7-14-8-15-10;8*1-2/h1-9H,(H3,16,17,19,20);2*1-9H,(H3,14,16,17,18);1-8H,(H3,13,16,17,18);8*1-2H3. The maximum Gasteiger partial charge on any atom is 0.248 e. The molecule has 502 valence electrons. The minimum absolute atomic E-state index is 0.261. The number of nitrogens with two attached hydrogens (primary N) is 4. The molecule has 95 heavy (non-hydrogen) atoms. The van der Waals surface area contributed by atoms with Crippen LogP contribution >= 0.6 is 11.3 Å². The average Bonchev–Trinajstić information content (AvgIpc) is 1.71. The lowest BCUT2D eigenvalue weighted by molar-refractivity contribution is 0.851. The number of nitrogen functional groups attached to an aromatic ring is 4. The molecule has 25 nitrogen and oxygen atoms in total. The first-order valence-corrected chi connectivity index (χ1v) is 32.7. The number of benzene rings is 5. The van der Waals surface area contributed by atoms with Crippen LogP contribution in [0.2, 0.25) is 0 Å². The molecule has 13 rings (SSSR count). The van der Waals surface area contributed by atoms with Crippen LogP contribution in [0.4, 0.5) is 70.3 Å². The summed E-state index contributed by atoms with van der Waals surface area (Å²) in [6, 6.07) is 57.5. The van der Waals surface area contributed by atoms with Gasteiger partial charge >= 0.3 is 0 Å². The summed E-state index contributed by atoms with van der Waals surface area (Å²) in [5.41, 5.74) is 28.8. The van der Waals surface area contributed by atoms with Gasteiger partial charge in [-0.2, -0.15) is 38.7 Å². The molecule has 0 amide bonds. The lowest BCUT2D eigenvalue weighted by atomic mass is 10.3. The third-order valence-corrected chi connectivity index (χ3v) is 11.7. The average molecular weight is 1310 g/mol. The van der Waals surface area contributed by atoms with Gasteiger partial charge in [-0.05, 0) is 84.9 Å². The normalized spacial score (nSPS) is 9.22. The number of pyridine rings is 2. The van der Waals surface area contributed by atoms with Gasteiger partial charge in [0.1, 0.15) is 6.33 Å². The lowest BCUT2D eigenvalue weighted by Crippen LogP contribution is -2.04. The molecule has 0 atom stereocenters. The maximum atomic E-state index is 5.96. The first kappa shape index (κ1) is 79.4. The number of anilines is 12. The summed E-state index contributed by atoms with van der Waals surface area (Å²) in [6.45, 7) is 32.0. The van der Waals surface area contributed by atoms with E-state index < -0.39 is 0 Å². The van der Waals surface area contributed by atoms with E-state index >= 15 is 0 Å². The third-order valence-electron chi connectivity index (χ3n) is 10.7. The molecule has 0 aliphatic carbocycles. The van der Waals surface area contributed by atoms with E-state index in [0.29, 0.717) is 52.5 Å². The van der Waals surface area contributed by atoms with Gasteiger partial charge < -0.3 is 44.2 Å². The Bertz CT molecular complexity index is 3640. The molecule has 5 aromatic carbocycles. The fraction of sp³-hybridized carbons (Fsp3) is 0.232. The zero-order chi connectivity index (χ0) is 70.2. The van der Waals surface area contributed by atoms with Crippen molar-refractivity contribution in [3.63, 3.8) is 0 Å². The van der Waals surface area contributed by atoms with Crippen LogP contribution in [-0.2, 0) is 0 Å². The topological polar surface area (TPSA) is 339 Å². The van der Waals surface area contributed by atoms with Gasteiger partial charge in [-0.3, -0.25) is 4.98 Å². The van der Waals surface area contributed by atoms with Crippen molar-refractivity contribution in [2.75, 3.05) is 44.2 Å². The van der Waals surface area contributed by atoms with Crippen molar-refractivity contribution in [1.29, 1.82) is 0 Å². The number of rotatable bonds is 12.